The Morgan fingerprint density at radius 3 is 2.95 bits per heavy atom. The van der Waals surface area contributed by atoms with Gasteiger partial charge in [-0.25, -0.2) is 4.52 Å². The lowest BCUT2D eigenvalue weighted by molar-refractivity contribution is -0.140. The third kappa shape index (κ3) is 2.93. The Morgan fingerprint density at radius 1 is 1.40 bits per heavy atom. The molecule has 0 N–H and O–H groups in total. The predicted octanol–water partition coefficient (Wildman–Crippen LogP) is 0.754. The second-order valence-corrected chi connectivity index (χ2v) is 4.37. The molecule has 2 aromatic heterocycles. The summed E-state index contributed by atoms with van der Waals surface area (Å²) in [7, 11) is 3.04. The van der Waals surface area contributed by atoms with E-state index in [9.17, 15) is 9.59 Å². The van der Waals surface area contributed by atoms with Crippen LogP contribution in [0.1, 0.15) is 23.2 Å². The Balaban J connectivity index is 2.01. The van der Waals surface area contributed by atoms with Crippen LogP contribution in [0.4, 0.5) is 0 Å². The fourth-order valence-electron chi connectivity index (χ4n) is 1.87. The largest absolute Gasteiger partial charge is 0.469 e. The number of amides is 1. The van der Waals surface area contributed by atoms with Gasteiger partial charge in [0.05, 0.1) is 30.6 Å². The normalized spacial score (nSPS) is 10.5. The molecular weight excluding hydrogens is 260 g/mol. The van der Waals surface area contributed by atoms with Gasteiger partial charge in [-0.05, 0) is 6.42 Å². The van der Waals surface area contributed by atoms with E-state index in [4.69, 9.17) is 0 Å². The van der Waals surface area contributed by atoms with Gasteiger partial charge >= 0.3 is 5.97 Å². The smallest absolute Gasteiger partial charge is 0.305 e. The van der Waals surface area contributed by atoms with E-state index >= 15 is 0 Å². The summed E-state index contributed by atoms with van der Waals surface area (Å²) in [6, 6.07) is 0. The summed E-state index contributed by atoms with van der Waals surface area (Å²) in [5, 5.41) is 4.10. The van der Waals surface area contributed by atoms with Gasteiger partial charge in [-0.3, -0.25) is 14.6 Å². The maximum Gasteiger partial charge on any atom is 0.305 e. The summed E-state index contributed by atoms with van der Waals surface area (Å²) in [5.74, 6) is -0.413. The maximum absolute atomic E-state index is 12.3. The molecule has 0 radical (unpaired) electrons. The van der Waals surface area contributed by atoms with Crippen molar-refractivity contribution < 1.29 is 14.3 Å². The zero-order valence-electron chi connectivity index (χ0n) is 11.4. The van der Waals surface area contributed by atoms with Gasteiger partial charge in [-0.1, -0.05) is 0 Å². The molecule has 0 saturated carbocycles. The third-order valence-corrected chi connectivity index (χ3v) is 3.00. The van der Waals surface area contributed by atoms with Crippen LogP contribution in [-0.2, 0) is 9.53 Å². The molecular formula is C13H16N4O3. The van der Waals surface area contributed by atoms with Crippen molar-refractivity contribution in [2.45, 2.75) is 12.8 Å². The van der Waals surface area contributed by atoms with E-state index in [0.29, 0.717) is 30.5 Å². The molecule has 106 valence electrons. The number of carbonyl (C=O) groups excluding carboxylic acids is 2. The van der Waals surface area contributed by atoms with Crippen LogP contribution in [0.25, 0.3) is 5.52 Å². The fourth-order valence-corrected chi connectivity index (χ4v) is 1.87. The van der Waals surface area contributed by atoms with Crippen molar-refractivity contribution in [3.05, 3.63) is 30.4 Å². The molecule has 0 atom stereocenters. The topological polar surface area (TPSA) is 76.8 Å². The third-order valence-electron chi connectivity index (χ3n) is 3.00. The average Bonchev–Trinajstić information content (AvgIpc) is 2.90. The Bertz CT molecular complexity index is 623. The first-order valence-electron chi connectivity index (χ1n) is 6.23. The monoisotopic (exact) mass is 276 g/mol. The van der Waals surface area contributed by atoms with Gasteiger partial charge in [0.15, 0.2) is 0 Å². The quantitative estimate of drug-likeness (QED) is 0.753. The molecule has 1 amide bonds. The van der Waals surface area contributed by atoms with Gasteiger partial charge < -0.3 is 9.64 Å². The molecule has 0 bridgehead atoms. The van der Waals surface area contributed by atoms with Gasteiger partial charge in [0.25, 0.3) is 5.91 Å². The molecule has 0 fully saturated rings. The number of fused-ring (bicyclic) bond motifs is 1. The first-order chi connectivity index (χ1) is 9.63. The van der Waals surface area contributed by atoms with E-state index in [-0.39, 0.29) is 11.9 Å². The van der Waals surface area contributed by atoms with Crippen molar-refractivity contribution in [1.29, 1.82) is 0 Å². The van der Waals surface area contributed by atoms with Gasteiger partial charge in [0, 0.05) is 32.4 Å². The Morgan fingerprint density at radius 2 is 2.20 bits per heavy atom. The van der Waals surface area contributed by atoms with Crippen LogP contribution in [-0.4, -0.2) is 52.1 Å². The molecule has 0 aliphatic rings. The summed E-state index contributed by atoms with van der Waals surface area (Å²) in [6.45, 7) is 0.478. The number of aromatic nitrogens is 3. The lowest BCUT2D eigenvalue weighted by Crippen LogP contribution is -2.28. The van der Waals surface area contributed by atoms with E-state index < -0.39 is 0 Å². The highest BCUT2D eigenvalue weighted by molar-refractivity contribution is 6.00. The number of esters is 1. The van der Waals surface area contributed by atoms with Crippen molar-refractivity contribution >= 4 is 17.4 Å². The zero-order valence-corrected chi connectivity index (χ0v) is 11.4. The van der Waals surface area contributed by atoms with Gasteiger partial charge in [-0.2, -0.15) is 5.10 Å². The highest BCUT2D eigenvalue weighted by Gasteiger charge is 2.17. The van der Waals surface area contributed by atoms with Crippen LogP contribution in [0, 0.1) is 0 Å². The molecule has 2 heterocycles. The van der Waals surface area contributed by atoms with Crippen LogP contribution in [0.2, 0.25) is 0 Å². The number of hydrogen-bond donors (Lipinski definition) is 0. The van der Waals surface area contributed by atoms with E-state index in [1.54, 1.807) is 35.1 Å². The number of ether oxygens (including phenoxy) is 1. The molecule has 0 spiro atoms. The van der Waals surface area contributed by atoms with Crippen molar-refractivity contribution in [2.75, 3.05) is 20.7 Å². The van der Waals surface area contributed by atoms with Crippen molar-refractivity contribution in [3.63, 3.8) is 0 Å². The van der Waals surface area contributed by atoms with Crippen LogP contribution in [0.5, 0.6) is 0 Å². The van der Waals surface area contributed by atoms with E-state index in [1.165, 1.54) is 13.3 Å². The van der Waals surface area contributed by atoms with Crippen LogP contribution in [0.15, 0.2) is 24.8 Å². The Kier molecular flexibility index (Phi) is 4.29. The van der Waals surface area contributed by atoms with E-state index in [2.05, 4.69) is 14.8 Å². The summed E-state index contributed by atoms with van der Waals surface area (Å²) in [5.41, 5.74) is 1.16. The lowest BCUT2D eigenvalue weighted by atomic mass is 10.2. The summed E-state index contributed by atoms with van der Waals surface area (Å²) in [4.78, 5) is 28.9. The van der Waals surface area contributed by atoms with Crippen LogP contribution in [0.3, 0.4) is 0 Å². The van der Waals surface area contributed by atoms with Gasteiger partial charge in [-0.15, -0.1) is 0 Å². The molecule has 0 aromatic carbocycles. The number of nitrogens with zero attached hydrogens (tertiary/aromatic N) is 4. The minimum Gasteiger partial charge on any atom is -0.469 e. The molecule has 2 rings (SSSR count). The lowest BCUT2D eigenvalue weighted by Gasteiger charge is -2.15. The van der Waals surface area contributed by atoms with Gasteiger partial charge in [0.2, 0.25) is 0 Å². The Hall–Kier alpha value is -2.44. The predicted molar refractivity (Wildman–Crippen MR) is 71.2 cm³/mol. The second-order valence-electron chi connectivity index (χ2n) is 4.37. The first-order valence-corrected chi connectivity index (χ1v) is 6.23. The van der Waals surface area contributed by atoms with Crippen molar-refractivity contribution in [2.24, 2.45) is 0 Å². The molecule has 7 heteroatoms. The SMILES string of the molecule is COC(=O)CCCN(C)C(=O)c1cnn2ccncc12. The molecule has 7 nitrogen and oxygen atoms in total. The molecule has 2 aromatic rings. The fraction of sp³-hybridized carbons (Fsp3) is 0.385. The Labute approximate surface area is 116 Å². The minimum absolute atomic E-state index is 0.141. The summed E-state index contributed by atoms with van der Waals surface area (Å²) < 4.78 is 6.16. The standard InChI is InChI=1S/C13H16N4O3/c1-16(6-3-4-12(18)20-2)13(19)10-8-15-17-7-5-14-9-11(10)17/h5,7-9H,3-4,6H2,1-2H3. The highest BCUT2D eigenvalue weighted by atomic mass is 16.5. The zero-order chi connectivity index (χ0) is 14.5. The van der Waals surface area contributed by atoms with Gasteiger partial charge in [0.1, 0.15) is 0 Å². The second kappa shape index (κ2) is 6.14. The van der Waals surface area contributed by atoms with Crippen LogP contribution >= 0.6 is 0 Å². The number of hydrogen-bond acceptors (Lipinski definition) is 5. The number of carbonyl (C=O) groups is 2. The highest BCUT2D eigenvalue weighted by Crippen LogP contribution is 2.11. The minimum atomic E-state index is -0.272. The number of rotatable bonds is 5. The molecule has 0 saturated heterocycles. The number of methoxy groups -OCH3 is 1. The van der Waals surface area contributed by atoms with E-state index in [1.807, 2.05) is 0 Å². The molecule has 20 heavy (non-hydrogen) atoms. The summed E-state index contributed by atoms with van der Waals surface area (Å²) >= 11 is 0. The molecule has 0 unspecified atom stereocenters. The molecule has 0 aliphatic carbocycles. The molecule has 0 aliphatic heterocycles. The average molecular weight is 276 g/mol. The van der Waals surface area contributed by atoms with Crippen molar-refractivity contribution in [3.8, 4) is 0 Å². The maximum atomic E-state index is 12.3. The van der Waals surface area contributed by atoms with Crippen LogP contribution < -0.4 is 0 Å². The van der Waals surface area contributed by atoms with Crippen molar-refractivity contribution in [1.82, 2.24) is 19.5 Å². The van der Waals surface area contributed by atoms with E-state index in [0.717, 1.165) is 0 Å². The first kappa shape index (κ1) is 14.0. The summed E-state index contributed by atoms with van der Waals surface area (Å²) in [6.07, 6.45) is 7.27.